The molecule has 1 rings (SSSR count). The molecule has 0 spiro atoms. The Morgan fingerprint density at radius 2 is 2.29 bits per heavy atom. The molecule has 1 heterocycles. The molecule has 0 aliphatic rings. The average molecular weight is 341 g/mol. The molecule has 0 bridgehead atoms. The molecule has 1 atom stereocenters. The largest absolute Gasteiger partial charge is 0.396 e. The van der Waals surface area contributed by atoms with Gasteiger partial charge in [-0.1, -0.05) is 6.92 Å². The van der Waals surface area contributed by atoms with Crippen molar-refractivity contribution in [2.75, 3.05) is 12.4 Å². The minimum atomic E-state index is 0.223. The second kappa shape index (κ2) is 6.10. The van der Waals surface area contributed by atoms with E-state index in [-0.39, 0.29) is 6.61 Å². The van der Waals surface area contributed by atoms with Gasteiger partial charge in [0.1, 0.15) is 5.03 Å². The van der Waals surface area contributed by atoms with Gasteiger partial charge in [-0.2, -0.15) is 0 Å². The third-order valence-corrected chi connectivity index (χ3v) is 4.23. The van der Waals surface area contributed by atoms with Crippen molar-refractivity contribution in [2.45, 2.75) is 11.9 Å². The van der Waals surface area contributed by atoms with Gasteiger partial charge in [-0.25, -0.2) is 4.98 Å². The van der Waals surface area contributed by atoms with Gasteiger partial charge in [0.25, 0.3) is 0 Å². The molecule has 1 aromatic rings. The lowest BCUT2D eigenvalue weighted by molar-refractivity contribution is 0.250. The number of aliphatic hydroxyl groups is 1. The number of hydrogen-bond donors (Lipinski definition) is 1. The highest BCUT2D eigenvalue weighted by Crippen LogP contribution is 2.28. The summed E-state index contributed by atoms with van der Waals surface area (Å²) in [6.45, 7) is 2.24. The quantitative estimate of drug-likeness (QED) is 0.853. The molecule has 2 nitrogen and oxygen atoms in total. The van der Waals surface area contributed by atoms with Crippen LogP contribution in [0.5, 0.6) is 0 Å². The summed E-state index contributed by atoms with van der Waals surface area (Å²) in [6.07, 6.45) is 1.77. The Morgan fingerprint density at radius 3 is 2.86 bits per heavy atom. The van der Waals surface area contributed by atoms with E-state index in [0.29, 0.717) is 5.92 Å². The number of thioether (sulfide) groups is 1. The van der Waals surface area contributed by atoms with E-state index < -0.39 is 0 Å². The van der Waals surface area contributed by atoms with Gasteiger partial charge in [-0.3, -0.25) is 0 Å². The Hall–Kier alpha value is 0.420. The molecule has 0 aliphatic carbocycles. The van der Waals surface area contributed by atoms with Crippen LogP contribution in [0.2, 0.25) is 0 Å². The number of pyridine rings is 1. The van der Waals surface area contributed by atoms with Gasteiger partial charge < -0.3 is 5.11 Å². The summed E-state index contributed by atoms with van der Waals surface area (Å²) >= 11 is 8.44. The first kappa shape index (κ1) is 12.5. The predicted octanol–water partition coefficient (Wildman–Crippen LogP) is 3.33. The fourth-order valence-corrected chi connectivity index (χ4v) is 2.98. The van der Waals surface area contributed by atoms with E-state index in [4.69, 9.17) is 5.11 Å². The SMILES string of the molecule is CC(CO)CSc1ncc(Br)cc1Br. The van der Waals surface area contributed by atoms with Gasteiger partial charge in [0.2, 0.25) is 0 Å². The van der Waals surface area contributed by atoms with E-state index in [1.807, 2.05) is 13.0 Å². The summed E-state index contributed by atoms with van der Waals surface area (Å²) in [5.74, 6) is 1.18. The molecule has 1 N–H and O–H groups in total. The van der Waals surface area contributed by atoms with Gasteiger partial charge in [0, 0.05) is 23.0 Å². The Morgan fingerprint density at radius 1 is 1.57 bits per heavy atom. The van der Waals surface area contributed by atoms with E-state index in [9.17, 15) is 0 Å². The number of rotatable bonds is 4. The molecule has 0 saturated carbocycles. The zero-order chi connectivity index (χ0) is 10.6. The highest BCUT2D eigenvalue weighted by Gasteiger charge is 2.06. The Balaban J connectivity index is 2.59. The minimum absolute atomic E-state index is 0.223. The van der Waals surface area contributed by atoms with Crippen LogP contribution in [0, 0.1) is 5.92 Å². The van der Waals surface area contributed by atoms with Crippen molar-refractivity contribution in [1.29, 1.82) is 0 Å². The summed E-state index contributed by atoms with van der Waals surface area (Å²) in [6, 6.07) is 1.97. The highest BCUT2D eigenvalue weighted by atomic mass is 79.9. The molecule has 14 heavy (non-hydrogen) atoms. The van der Waals surface area contributed by atoms with Crippen molar-refractivity contribution in [3.63, 3.8) is 0 Å². The second-order valence-electron chi connectivity index (χ2n) is 3.04. The molecule has 0 fully saturated rings. The molecule has 0 aromatic carbocycles. The lowest BCUT2D eigenvalue weighted by Gasteiger charge is -2.07. The van der Waals surface area contributed by atoms with Crippen molar-refractivity contribution < 1.29 is 5.11 Å². The van der Waals surface area contributed by atoms with Crippen molar-refractivity contribution in [3.05, 3.63) is 21.2 Å². The molecular weight excluding hydrogens is 330 g/mol. The van der Waals surface area contributed by atoms with Crippen LogP contribution in [0.25, 0.3) is 0 Å². The van der Waals surface area contributed by atoms with Crippen LogP contribution in [0.1, 0.15) is 6.92 Å². The molecule has 0 saturated heterocycles. The van der Waals surface area contributed by atoms with Crippen LogP contribution >= 0.6 is 43.6 Å². The number of nitrogens with zero attached hydrogens (tertiary/aromatic N) is 1. The third kappa shape index (κ3) is 3.88. The van der Waals surface area contributed by atoms with Crippen LogP contribution in [0.15, 0.2) is 26.2 Å². The third-order valence-electron chi connectivity index (χ3n) is 1.59. The van der Waals surface area contributed by atoms with E-state index >= 15 is 0 Å². The molecule has 1 aromatic heterocycles. The summed E-state index contributed by atoms with van der Waals surface area (Å²) in [7, 11) is 0. The smallest absolute Gasteiger partial charge is 0.110 e. The number of aromatic nitrogens is 1. The van der Waals surface area contributed by atoms with Crippen LogP contribution < -0.4 is 0 Å². The number of hydrogen-bond acceptors (Lipinski definition) is 3. The first-order chi connectivity index (χ1) is 6.63. The molecular formula is C9H11Br2NOS. The van der Waals surface area contributed by atoms with Crippen molar-refractivity contribution >= 4 is 43.6 Å². The lowest BCUT2D eigenvalue weighted by Crippen LogP contribution is -2.03. The van der Waals surface area contributed by atoms with Crippen molar-refractivity contribution in [3.8, 4) is 0 Å². The van der Waals surface area contributed by atoms with Crippen LogP contribution in [0.4, 0.5) is 0 Å². The van der Waals surface area contributed by atoms with E-state index in [0.717, 1.165) is 19.7 Å². The molecule has 1 unspecified atom stereocenters. The zero-order valence-electron chi connectivity index (χ0n) is 7.70. The predicted molar refractivity (Wildman–Crippen MR) is 66.6 cm³/mol. The van der Waals surface area contributed by atoms with E-state index in [2.05, 4.69) is 36.8 Å². The van der Waals surface area contributed by atoms with Crippen molar-refractivity contribution in [1.82, 2.24) is 4.98 Å². The maximum absolute atomic E-state index is 8.87. The molecule has 0 amide bonds. The average Bonchev–Trinajstić information content (AvgIpc) is 2.16. The summed E-state index contributed by atoms with van der Waals surface area (Å²) in [5.41, 5.74) is 0. The normalized spacial score (nSPS) is 12.9. The van der Waals surface area contributed by atoms with Gasteiger partial charge in [-0.05, 0) is 43.8 Å². The van der Waals surface area contributed by atoms with E-state index in [1.165, 1.54) is 0 Å². The fourth-order valence-electron chi connectivity index (χ4n) is 0.782. The van der Waals surface area contributed by atoms with Gasteiger partial charge in [-0.15, -0.1) is 11.8 Å². The van der Waals surface area contributed by atoms with Crippen LogP contribution in [-0.4, -0.2) is 22.5 Å². The topological polar surface area (TPSA) is 33.1 Å². The number of halogens is 2. The zero-order valence-corrected chi connectivity index (χ0v) is 11.7. The molecule has 0 radical (unpaired) electrons. The minimum Gasteiger partial charge on any atom is -0.396 e. The second-order valence-corrected chi connectivity index (χ2v) is 5.82. The maximum Gasteiger partial charge on any atom is 0.110 e. The maximum atomic E-state index is 8.87. The van der Waals surface area contributed by atoms with Gasteiger partial charge in [0.05, 0.1) is 4.47 Å². The Bertz CT molecular complexity index is 309. The molecule has 0 aliphatic heterocycles. The standard InChI is InChI=1S/C9H11Br2NOS/c1-6(4-13)5-14-9-8(11)2-7(10)3-12-9/h2-3,6,13H,4-5H2,1H3. The Labute approximate surface area is 105 Å². The van der Waals surface area contributed by atoms with E-state index in [1.54, 1.807) is 18.0 Å². The number of aliphatic hydroxyl groups excluding tert-OH is 1. The van der Waals surface area contributed by atoms with Gasteiger partial charge in [0.15, 0.2) is 0 Å². The molecule has 78 valence electrons. The summed E-state index contributed by atoms with van der Waals surface area (Å²) < 4.78 is 1.95. The molecule has 5 heteroatoms. The summed E-state index contributed by atoms with van der Waals surface area (Å²) in [5, 5.41) is 9.84. The van der Waals surface area contributed by atoms with Crippen LogP contribution in [0.3, 0.4) is 0 Å². The summed E-state index contributed by atoms with van der Waals surface area (Å²) in [4.78, 5) is 4.27. The fraction of sp³-hybridized carbons (Fsp3) is 0.444. The monoisotopic (exact) mass is 339 g/mol. The van der Waals surface area contributed by atoms with Crippen LogP contribution in [-0.2, 0) is 0 Å². The van der Waals surface area contributed by atoms with Gasteiger partial charge >= 0.3 is 0 Å². The highest BCUT2D eigenvalue weighted by molar-refractivity contribution is 9.11. The lowest BCUT2D eigenvalue weighted by atomic mass is 10.2. The Kier molecular flexibility index (Phi) is 5.44. The first-order valence-electron chi connectivity index (χ1n) is 4.18. The first-order valence-corrected chi connectivity index (χ1v) is 6.75. The van der Waals surface area contributed by atoms with Crippen molar-refractivity contribution in [2.24, 2.45) is 5.92 Å².